The topological polar surface area (TPSA) is 52.0 Å². The smallest absolute Gasteiger partial charge is 0.176 e. The number of hydrogen-bond donors (Lipinski definition) is 1. The fourth-order valence-corrected chi connectivity index (χ4v) is 2.29. The van der Waals surface area contributed by atoms with Crippen molar-refractivity contribution in [2.45, 2.75) is 26.2 Å². The van der Waals surface area contributed by atoms with Crippen molar-refractivity contribution >= 4 is 27.7 Å². The molecule has 2 heterocycles. The second kappa shape index (κ2) is 4.33. The van der Waals surface area contributed by atoms with Crippen molar-refractivity contribution in [2.24, 2.45) is 0 Å². The standard InChI is InChI=1S/C15H16N2O/c1-2-3-6-10-9-12-11-7-4-5-8-13(11)17-15(16)14(12)18-10/h4-5,7-9H,2-3,6H2,1H3,(H2,16,17). The maximum atomic E-state index is 5.96. The van der Waals surface area contributed by atoms with Crippen LogP contribution in [0.3, 0.4) is 0 Å². The fourth-order valence-electron chi connectivity index (χ4n) is 2.29. The summed E-state index contributed by atoms with van der Waals surface area (Å²) in [4.78, 5) is 4.38. The molecular weight excluding hydrogens is 224 g/mol. The van der Waals surface area contributed by atoms with E-state index in [1.807, 2.05) is 18.2 Å². The molecule has 2 N–H and O–H groups in total. The molecule has 3 rings (SSSR count). The first-order valence-corrected chi connectivity index (χ1v) is 6.36. The van der Waals surface area contributed by atoms with Crippen LogP contribution in [-0.4, -0.2) is 4.98 Å². The largest absolute Gasteiger partial charge is 0.457 e. The van der Waals surface area contributed by atoms with Crippen LogP contribution in [0.4, 0.5) is 5.82 Å². The molecule has 2 aromatic heterocycles. The number of furan rings is 1. The van der Waals surface area contributed by atoms with E-state index in [2.05, 4.69) is 24.0 Å². The van der Waals surface area contributed by atoms with Crippen LogP contribution in [0.2, 0.25) is 0 Å². The average Bonchev–Trinajstić information content (AvgIpc) is 2.81. The van der Waals surface area contributed by atoms with Gasteiger partial charge in [0, 0.05) is 17.2 Å². The SMILES string of the molecule is CCCCc1cc2c(o1)c(N)nc1ccccc12. The summed E-state index contributed by atoms with van der Waals surface area (Å²) < 4.78 is 5.82. The number of anilines is 1. The monoisotopic (exact) mass is 240 g/mol. The number of fused-ring (bicyclic) bond motifs is 3. The summed E-state index contributed by atoms with van der Waals surface area (Å²) in [6, 6.07) is 10.1. The molecule has 3 aromatic rings. The number of nitrogen functional groups attached to an aromatic ring is 1. The lowest BCUT2D eigenvalue weighted by Crippen LogP contribution is -1.91. The lowest BCUT2D eigenvalue weighted by Gasteiger charge is -2.00. The van der Waals surface area contributed by atoms with Gasteiger partial charge in [0.1, 0.15) is 5.76 Å². The minimum Gasteiger partial charge on any atom is -0.457 e. The van der Waals surface area contributed by atoms with E-state index in [4.69, 9.17) is 10.2 Å². The van der Waals surface area contributed by atoms with Crippen molar-refractivity contribution in [2.75, 3.05) is 5.73 Å². The molecule has 0 fully saturated rings. The number of aryl methyl sites for hydroxylation is 1. The molecule has 0 saturated carbocycles. The third-order valence-electron chi connectivity index (χ3n) is 3.23. The van der Waals surface area contributed by atoms with Gasteiger partial charge >= 0.3 is 0 Å². The van der Waals surface area contributed by atoms with Crippen LogP contribution in [0.1, 0.15) is 25.5 Å². The molecule has 0 unspecified atom stereocenters. The maximum absolute atomic E-state index is 5.96. The number of aromatic nitrogens is 1. The highest BCUT2D eigenvalue weighted by molar-refractivity contribution is 6.07. The molecule has 1 aromatic carbocycles. The van der Waals surface area contributed by atoms with Crippen molar-refractivity contribution in [3.05, 3.63) is 36.1 Å². The third-order valence-corrected chi connectivity index (χ3v) is 3.23. The van der Waals surface area contributed by atoms with Gasteiger partial charge in [-0.05, 0) is 18.6 Å². The van der Waals surface area contributed by atoms with Gasteiger partial charge in [-0.25, -0.2) is 4.98 Å². The summed E-state index contributed by atoms with van der Waals surface area (Å²) in [6.45, 7) is 2.17. The van der Waals surface area contributed by atoms with Crippen LogP contribution in [0.25, 0.3) is 21.9 Å². The first-order chi connectivity index (χ1) is 8.79. The molecule has 3 nitrogen and oxygen atoms in total. The van der Waals surface area contributed by atoms with E-state index in [-0.39, 0.29) is 0 Å². The van der Waals surface area contributed by atoms with Gasteiger partial charge in [-0.1, -0.05) is 31.5 Å². The van der Waals surface area contributed by atoms with Crippen molar-refractivity contribution in [3.8, 4) is 0 Å². The molecule has 0 amide bonds. The van der Waals surface area contributed by atoms with Crippen molar-refractivity contribution in [3.63, 3.8) is 0 Å². The summed E-state index contributed by atoms with van der Waals surface area (Å²) >= 11 is 0. The van der Waals surface area contributed by atoms with Gasteiger partial charge in [-0.15, -0.1) is 0 Å². The molecule has 18 heavy (non-hydrogen) atoms. The van der Waals surface area contributed by atoms with E-state index < -0.39 is 0 Å². The summed E-state index contributed by atoms with van der Waals surface area (Å²) in [6.07, 6.45) is 3.25. The van der Waals surface area contributed by atoms with E-state index in [0.29, 0.717) is 5.82 Å². The number of hydrogen-bond acceptors (Lipinski definition) is 3. The molecule has 3 heteroatoms. The van der Waals surface area contributed by atoms with Crippen molar-refractivity contribution < 1.29 is 4.42 Å². The first-order valence-electron chi connectivity index (χ1n) is 6.36. The Hall–Kier alpha value is -2.03. The number of para-hydroxylation sites is 1. The summed E-state index contributed by atoms with van der Waals surface area (Å²) in [5, 5.41) is 2.18. The predicted octanol–water partition coefficient (Wildman–Crippen LogP) is 3.91. The zero-order valence-corrected chi connectivity index (χ0v) is 10.4. The van der Waals surface area contributed by atoms with Crippen LogP contribution in [0.5, 0.6) is 0 Å². The number of nitrogens with zero attached hydrogens (tertiary/aromatic N) is 1. The summed E-state index contributed by atoms with van der Waals surface area (Å²) in [7, 11) is 0. The molecular formula is C15H16N2O. The molecule has 0 aliphatic carbocycles. The average molecular weight is 240 g/mol. The van der Waals surface area contributed by atoms with E-state index in [0.717, 1.165) is 46.9 Å². The molecule has 0 aliphatic rings. The normalized spacial score (nSPS) is 11.4. The minimum atomic E-state index is 0.478. The van der Waals surface area contributed by atoms with Gasteiger partial charge in [0.2, 0.25) is 0 Å². The Labute approximate surface area is 106 Å². The minimum absolute atomic E-state index is 0.478. The Kier molecular flexibility index (Phi) is 2.67. The Morgan fingerprint density at radius 3 is 2.89 bits per heavy atom. The van der Waals surface area contributed by atoms with E-state index in [9.17, 15) is 0 Å². The molecule has 0 spiro atoms. The van der Waals surface area contributed by atoms with Crippen LogP contribution in [-0.2, 0) is 6.42 Å². The summed E-state index contributed by atoms with van der Waals surface area (Å²) in [5.41, 5.74) is 7.60. The molecule has 0 radical (unpaired) electrons. The highest BCUT2D eigenvalue weighted by atomic mass is 16.3. The second-order valence-corrected chi connectivity index (χ2v) is 4.57. The van der Waals surface area contributed by atoms with Crippen LogP contribution < -0.4 is 5.73 Å². The Balaban J connectivity index is 2.24. The second-order valence-electron chi connectivity index (χ2n) is 4.57. The number of unbranched alkanes of at least 4 members (excludes halogenated alkanes) is 1. The molecule has 0 bridgehead atoms. The van der Waals surface area contributed by atoms with Crippen LogP contribution in [0.15, 0.2) is 34.7 Å². The molecule has 0 aliphatic heterocycles. The predicted molar refractivity (Wildman–Crippen MR) is 74.5 cm³/mol. The number of pyridine rings is 1. The lowest BCUT2D eigenvalue weighted by atomic mass is 10.1. The molecule has 92 valence electrons. The Morgan fingerprint density at radius 1 is 1.22 bits per heavy atom. The third kappa shape index (κ3) is 1.72. The number of benzene rings is 1. The zero-order chi connectivity index (χ0) is 12.5. The maximum Gasteiger partial charge on any atom is 0.176 e. The lowest BCUT2D eigenvalue weighted by molar-refractivity contribution is 0.537. The highest BCUT2D eigenvalue weighted by Gasteiger charge is 2.11. The van der Waals surface area contributed by atoms with Gasteiger partial charge in [-0.3, -0.25) is 0 Å². The van der Waals surface area contributed by atoms with Gasteiger partial charge in [0.25, 0.3) is 0 Å². The van der Waals surface area contributed by atoms with Crippen LogP contribution >= 0.6 is 0 Å². The van der Waals surface area contributed by atoms with Gasteiger partial charge in [0.05, 0.1) is 5.52 Å². The van der Waals surface area contributed by atoms with E-state index >= 15 is 0 Å². The van der Waals surface area contributed by atoms with E-state index in [1.54, 1.807) is 0 Å². The van der Waals surface area contributed by atoms with E-state index in [1.165, 1.54) is 0 Å². The Bertz CT molecular complexity index is 700. The molecule has 0 atom stereocenters. The van der Waals surface area contributed by atoms with Crippen molar-refractivity contribution in [1.82, 2.24) is 4.98 Å². The van der Waals surface area contributed by atoms with Gasteiger partial charge in [0.15, 0.2) is 11.4 Å². The van der Waals surface area contributed by atoms with Gasteiger partial charge < -0.3 is 10.2 Å². The number of nitrogens with two attached hydrogens (primary N) is 1. The summed E-state index contributed by atoms with van der Waals surface area (Å²) in [5.74, 6) is 1.48. The molecule has 0 saturated heterocycles. The van der Waals surface area contributed by atoms with Gasteiger partial charge in [-0.2, -0.15) is 0 Å². The zero-order valence-electron chi connectivity index (χ0n) is 10.4. The van der Waals surface area contributed by atoms with Crippen LogP contribution in [0, 0.1) is 0 Å². The first kappa shape index (κ1) is 11.1. The quantitative estimate of drug-likeness (QED) is 0.755. The fraction of sp³-hybridized carbons (Fsp3) is 0.267. The Morgan fingerprint density at radius 2 is 2.06 bits per heavy atom. The number of rotatable bonds is 3. The van der Waals surface area contributed by atoms with Crippen molar-refractivity contribution in [1.29, 1.82) is 0 Å². The highest BCUT2D eigenvalue weighted by Crippen LogP contribution is 2.31.